The van der Waals surface area contributed by atoms with E-state index >= 15 is 0 Å². The van der Waals surface area contributed by atoms with Crippen LogP contribution in [0.2, 0.25) is 0 Å². The number of aryl methyl sites for hydroxylation is 1. The first-order valence-electron chi connectivity index (χ1n) is 7.43. The van der Waals surface area contributed by atoms with Gasteiger partial charge in [-0.2, -0.15) is 0 Å². The van der Waals surface area contributed by atoms with E-state index in [-0.39, 0.29) is 7.43 Å². The lowest BCUT2D eigenvalue weighted by Crippen LogP contribution is -2.04. The van der Waals surface area contributed by atoms with Crippen molar-refractivity contribution in [2.45, 2.75) is 80.1 Å². The van der Waals surface area contributed by atoms with E-state index < -0.39 is 0 Å². The Kier molecular flexibility index (Phi) is 13.8. The van der Waals surface area contributed by atoms with Crippen molar-refractivity contribution in [2.24, 2.45) is 0 Å². The molecule has 0 spiro atoms. The predicted molar refractivity (Wildman–Crippen MR) is 86.4 cm³/mol. The first-order chi connectivity index (χ1) is 8.36. The first-order valence-corrected chi connectivity index (χ1v) is 7.43. The molecule has 18 heavy (non-hydrogen) atoms. The molecule has 0 saturated heterocycles. The number of hydrogen-bond donors (Lipinski definition) is 0. The van der Waals surface area contributed by atoms with Crippen LogP contribution in [0.25, 0.3) is 0 Å². The normalized spacial score (nSPS) is 14.3. The summed E-state index contributed by atoms with van der Waals surface area (Å²) < 4.78 is 0. The van der Waals surface area contributed by atoms with E-state index in [1.54, 1.807) is 5.56 Å². The molecular formula is C18H34. The van der Waals surface area contributed by atoms with Crippen molar-refractivity contribution in [3.05, 3.63) is 35.4 Å². The summed E-state index contributed by atoms with van der Waals surface area (Å²) >= 11 is 0. The van der Waals surface area contributed by atoms with Gasteiger partial charge in [0, 0.05) is 0 Å². The average molecular weight is 250 g/mol. The van der Waals surface area contributed by atoms with E-state index in [9.17, 15) is 0 Å². The highest BCUT2D eigenvalue weighted by molar-refractivity contribution is 5.24. The lowest BCUT2D eigenvalue weighted by Gasteiger charge is -2.21. The third-order valence-corrected chi connectivity index (χ3v) is 3.15. The maximum atomic E-state index is 2.31. The van der Waals surface area contributed by atoms with Gasteiger partial charge < -0.3 is 0 Å². The summed E-state index contributed by atoms with van der Waals surface area (Å²) in [6, 6.07) is 9.10. The number of benzene rings is 1. The molecule has 1 saturated carbocycles. The highest BCUT2D eigenvalue weighted by Crippen LogP contribution is 2.32. The van der Waals surface area contributed by atoms with Gasteiger partial charge in [0.2, 0.25) is 0 Å². The van der Waals surface area contributed by atoms with Gasteiger partial charge in [-0.1, -0.05) is 84.2 Å². The molecule has 0 heterocycles. The van der Waals surface area contributed by atoms with Gasteiger partial charge >= 0.3 is 0 Å². The fraction of sp³-hybridized carbons (Fsp3) is 0.667. The van der Waals surface area contributed by atoms with Crippen molar-refractivity contribution < 1.29 is 0 Å². The lowest BCUT2D eigenvalue weighted by atomic mass is 9.84. The monoisotopic (exact) mass is 250 g/mol. The summed E-state index contributed by atoms with van der Waals surface area (Å²) in [4.78, 5) is 0. The van der Waals surface area contributed by atoms with Crippen LogP contribution in [0.4, 0.5) is 0 Å². The molecule has 0 bridgehead atoms. The topological polar surface area (TPSA) is 0 Å². The minimum Gasteiger partial charge on any atom is -0.0776 e. The van der Waals surface area contributed by atoms with Crippen molar-refractivity contribution >= 4 is 0 Å². The van der Waals surface area contributed by atoms with Gasteiger partial charge in [-0.05, 0) is 31.2 Å². The van der Waals surface area contributed by atoms with Crippen LogP contribution >= 0.6 is 0 Å². The smallest absolute Gasteiger partial charge is 0.0162 e. The standard InChI is InChI=1S/C13H18.2C2H6.CH4/c1-11-7-9-13(10-8-11)12-5-3-2-4-6-12;2*1-2;/h7-10,12H,2-6H2,1H3;2*1-2H3;1H4. The van der Waals surface area contributed by atoms with E-state index in [2.05, 4.69) is 31.2 Å². The summed E-state index contributed by atoms with van der Waals surface area (Å²) in [6.45, 7) is 10.2. The van der Waals surface area contributed by atoms with Gasteiger partial charge in [-0.25, -0.2) is 0 Å². The average Bonchev–Trinajstić information content (AvgIpc) is 2.45. The van der Waals surface area contributed by atoms with E-state index in [4.69, 9.17) is 0 Å². The Balaban J connectivity index is 0. The maximum Gasteiger partial charge on any atom is -0.0162 e. The molecule has 0 heteroatoms. The SMILES string of the molecule is C.CC.CC.Cc1ccc(C2CCCCC2)cc1. The summed E-state index contributed by atoms with van der Waals surface area (Å²) in [7, 11) is 0. The molecule has 1 fully saturated rings. The van der Waals surface area contributed by atoms with Gasteiger partial charge in [0.15, 0.2) is 0 Å². The zero-order valence-electron chi connectivity index (χ0n) is 12.4. The summed E-state index contributed by atoms with van der Waals surface area (Å²) in [5.74, 6) is 0.856. The molecule has 0 aliphatic heterocycles. The molecule has 106 valence electrons. The molecule has 0 amide bonds. The molecule has 1 aliphatic carbocycles. The molecule has 0 atom stereocenters. The molecule has 0 unspecified atom stereocenters. The van der Waals surface area contributed by atoms with Crippen LogP contribution in [0.1, 0.15) is 84.3 Å². The Hall–Kier alpha value is -0.780. The lowest BCUT2D eigenvalue weighted by molar-refractivity contribution is 0.443. The number of hydrogen-bond acceptors (Lipinski definition) is 0. The van der Waals surface area contributed by atoms with E-state index in [1.165, 1.54) is 37.7 Å². The van der Waals surface area contributed by atoms with E-state index in [0.29, 0.717) is 0 Å². The minimum absolute atomic E-state index is 0. The molecule has 0 N–H and O–H groups in total. The van der Waals surface area contributed by atoms with Crippen molar-refractivity contribution in [1.29, 1.82) is 0 Å². The maximum absolute atomic E-state index is 2.31. The third kappa shape index (κ3) is 6.83. The second kappa shape index (κ2) is 12.7. The fourth-order valence-electron chi connectivity index (χ4n) is 2.27. The van der Waals surface area contributed by atoms with Crippen LogP contribution in [-0.2, 0) is 0 Å². The Labute approximate surface area is 116 Å². The molecule has 0 aromatic heterocycles. The van der Waals surface area contributed by atoms with Gasteiger partial charge in [-0.15, -0.1) is 0 Å². The molecule has 1 aromatic carbocycles. The Morgan fingerprint density at radius 1 is 0.778 bits per heavy atom. The van der Waals surface area contributed by atoms with Gasteiger partial charge in [0.05, 0.1) is 0 Å². The largest absolute Gasteiger partial charge is 0.0776 e. The van der Waals surface area contributed by atoms with Crippen molar-refractivity contribution in [3.63, 3.8) is 0 Å². The molecular weight excluding hydrogens is 216 g/mol. The molecule has 0 nitrogen and oxygen atoms in total. The second-order valence-corrected chi connectivity index (χ2v) is 4.25. The van der Waals surface area contributed by atoms with Crippen LogP contribution in [-0.4, -0.2) is 0 Å². The first kappa shape index (κ1) is 19.6. The molecule has 1 aliphatic rings. The second-order valence-electron chi connectivity index (χ2n) is 4.25. The van der Waals surface area contributed by atoms with Crippen LogP contribution in [0.5, 0.6) is 0 Å². The van der Waals surface area contributed by atoms with Crippen LogP contribution in [0, 0.1) is 6.92 Å². The Bertz CT molecular complexity index is 252. The van der Waals surface area contributed by atoms with Crippen molar-refractivity contribution in [1.82, 2.24) is 0 Å². The molecule has 1 aromatic rings. The van der Waals surface area contributed by atoms with Crippen LogP contribution < -0.4 is 0 Å². The third-order valence-electron chi connectivity index (χ3n) is 3.15. The zero-order valence-corrected chi connectivity index (χ0v) is 12.4. The van der Waals surface area contributed by atoms with Crippen LogP contribution in [0.15, 0.2) is 24.3 Å². The molecule has 2 rings (SSSR count). The summed E-state index contributed by atoms with van der Waals surface area (Å²) in [5.41, 5.74) is 2.94. The predicted octanol–water partition coefficient (Wildman–Crippen LogP) is 6.73. The van der Waals surface area contributed by atoms with Gasteiger partial charge in [-0.3, -0.25) is 0 Å². The Morgan fingerprint density at radius 2 is 1.22 bits per heavy atom. The quantitative estimate of drug-likeness (QED) is 0.518. The minimum atomic E-state index is 0. The fourth-order valence-corrected chi connectivity index (χ4v) is 2.27. The van der Waals surface area contributed by atoms with E-state index in [1.807, 2.05) is 27.7 Å². The van der Waals surface area contributed by atoms with Crippen molar-refractivity contribution in [3.8, 4) is 0 Å². The summed E-state index contributed by atoms with van der Waals surface area (Å²) in [5, 5.41) is 0. The van der Waals surface area contributed by atoms with Crippen molar-refractivity contribution in [2.75, 3.05) is 0 Å². The Morgan fingerprint density at radius 3 is 1.67 bits per heavy atom. The van der Waals surface area contributed by atoms with E-state index in [0.717, 1.165) is 5.92 Å². The van der Waals surface area contributed by atoms with Gasteiger partial charge in [0.1, 0.15) is 0 Å². The highest BCUT2D eigenvalue weighted by atomic mass is 14.2. The molecule has 0 radical (unpaired) electrons. The highest BCUT2D eigenvalue weighted by Gasteiger charge is 2.14. The zero-order chi connectivity index (χ0) is 13.1. The number of rotatable bonds is 1. The van der Waals surface area contributed by atoms with Gasteiger partial charge in [0.25, 0.3) is 0 Å². The summed E-state index contributed by atoms with van der Waals surface area (Å²) in [6.07, 6.45) is 7.12. The van der Waals surface area contributed by atoms with Crippen LogP contribution in [0.3, 0.4) is 0 Å².